The standard InChI is InChI=1S/C14H11F3O3/c15-14(16,17)12(13(18)19)8-20-11-6-5-9-3-1-2-4-10(9)7-11/h1-7,12H,8H2,(H,18,19). The number of alkyl halides is 3. The van der Waals surface area contributed by atoms with Crippen molar-refractivity contribution in [1.29, 1.82) is 0 Å². The summed E-state index contributed by atoms with van der Waals surface area (Å²) in [5, 5.41) is 10.3. The van der Waals surface area contributed by atoms with Gasteiger partial charge in [-0.25, -0.2) is 0 Å². The molecule has 0 saturated heterocycles. The molecular weight excluding hydrogens is 273 g/mol. The molecule has 1 atom stereocenters. The maximum Gasteiger partial charge on any atom is 0.405 e. The van der Waals surface area contributed by atoms with Gasteiger partial charge in [0.1, 0.15) is 12.4 Å². The number of halogens is 3. The molecule has 0 aliphatic carbocycles. The van der Waals surface area contributed by atoms with E-state index < -0.39 is 24.7 Å². The second kappa shape index (κ2) is 5.40. The van der Waals surface area contributed by atoms with E-state index in [1.165, 1.54) is 6.07 Å². The van der Waals surface area contributed by atoms with Crippen LogP contribution in [0.1, 0.15) is 0 Å². The number of carboxylic acid groups (broad SMARTS) is 1. The topological polar surface area (TPSA) is 46.5 Å². The van der Waals surface area contributed by atoms with Gasteiger partial charge in [0, 0.05) is 0 Å². The third-order valence-corrected chi connectivity index (χ3v) is 2.83. The minimum absolute atomic E-state index is 0.208. The Labute approximate surface area is 112 Å². The van der Waals surface area contributed by atoms with Crippen LogP contribution < -0.4 is 4.74 Å². The fraction of sp³-hybridized carbons (Fsp3) is 0.214. The molecular formula is C14H11F3O3. The van der Waals surface area contributed by atoms with Gasteiger partial charge in [0.2, 0.25) is 0 Å². The number of carboxylic acids is 1. The molecule has 0 radical (unpaired) electrons. The van der Waals surface area contributed by atoms with Crippen molar-refractivity contribution in [1.82, 2.24) is 0 Å². The second-order valence-electron chi connectivity index (χ2n) is 4.25. The molecule has 0 aromatic heterocycles. The summed E-state index contributed by atoms with van der Waals surface area (Å²) in [5.41, 5.74) is 0. The number of benzene rings is 2. The Morgan fingerprint density at radius 1 is 1.15 bits per heavy atom. The predicted octanol–water partition coefficient (Wildman–Crippen LogP) is 3.48. The van der Waals surface area contributed by atoms with Gasteiger partial charge in [-0.1, -0.05) is 30.3 Å². The average Bonchev–Trinajstić information content (AvgIpc) is 2.36. The van der Waals surface area contributed by atoms with E-state index in [0.717, 1.165) is 10.8 Å². The Morgan fingerprint density at radius 2 is 1.80 bits per heavy atom. The molecule has 0 spiro atoms. The van der Waals surface area contributed by atoms with Gasteiger partial charge in [0.25, 0.3) is 0 Å². The van der Waals surface area contributed by atoms with Gasteiger partial charge in [0.05, 0.1) is 0 Å². The zero-order chi connectivity index (χ0) is 14.8. The van der Waals surface area contributed by atoms with Crippen LogP contribution in [0.15, 0.2) is 42.5 Å². The van der Waals surface area contributed by atoms with Crippen LogP contribution in [0.4, 0.5) is 13.2 Å². The Balaban J connectivity index is 2.14. The van der Waals surface area contributed by atoms with Crippen molar-refractivity contribution in [2.75, 3.05) is 6.61 Å². The molecule has 0 saturated carbocycles. The zero-order valence-electron chi connectivity index (χ0n) is 10.2. The summed E-state index contributed by atoms with van der Waals surface area (Å²) in [6.07, 6.45) is -4.83. The first-order chi connectivity index (χ1) is 9.38. The number of hydrogen-bond acceptors (Lipinski definition) is 2. The lowest BCUT2D eigenvalue weighted by molar-refractivity contribution is -0.198. The summed E-state index contributed by atoms with van der Waals surface area (Å²) >= 11 is 0. The summed E-state index contributed by atoms with van der Waals surface area (Å²) in [4.78, 5) is 10.6. The van der Waals surface area contributed by atoms with E-state index in [2.05, 4.69) is 0 Å². The average molecular weight is 284 g/mol. The molecule has 0 amide bonds. The number of ether oxygens (including phenoxy) is 1. The highest BCUT2D eigenvalue weighted by atomic mass is 19.4. The van der Waals surface area contributed by atoms with Crippen LogP contribution in [0, 0.1) is 5.92 Å². The second-order valence-corrected chi connectivity index (χ2v) is 4.25. The van der Waals surface area contributed by atoms with Gasteiger partial charge < -0.3 is 9.84 Å². The third kappa shape index (κ3) is 3.20. The maximum absolute atomic E-state index is 12.5. The van der Waals surface area contributed by atoms with Gasteiger partial charge in [-0.2, -0.15) is 13.2 Å². The highest BCUT2D eigenvalue weighted by Crippen LogP contribution is 2.28. The molecule has 3 nitrogen and oxygen atoms in total. The van der Waals surface area contributed by atoms with Gasteiger partial charge in [-0.3, -0.25) is 4.79 Å². The van der Waals surface area contributed by atoms with E-state index >= 15 is 0 Å². The van der Waals surface area contributed by atoms with Crippen LogP contribution >= 0.6 is 0 Å². The smallest absolute Gasteiger partial charge is 0.405 e. The Bertz CT molecular complexity index is 622. The Morgan fingerprint density at radius 3 is 2.40 bits per heavy atom. The molecule has 106 valence electrons. The first kappa shape index (κ1) is 14.2. The molecule has 0 bridgehead atoms. The van der Waals surface area contributed by atoms with E-state index in [4.69, 9.17) is 9.84 Å². The third-order valence-electron chi connectivity index (χ3n) is 2.83. The molecule has 6 heteroatoms. The fourth-order valence-corrected chi connectivity index (χ4v) is 1.74. The van der Waals surface area contributed by atoms with Crippen LogP contribution in [0.3, 0.4) is 0 Å². The number of carbonyl (C=O) groups is 1. The van der Waals surface area contributed by atoms with E-state index in [1.807, 2.05) is 12.1 Å². The van der Waals surface area contributed by atoms with Gasteiger partial charge in [-0.15, -0.1) is 0 Å². The fourth-order valence-electron chi connectivity index (χ4n) is 1.74. The maximum atomic E-state index is 12.5. The molecule has 2 aromatic carbocycles. The molecule has 0 aliphatic rings. The van der Waals surface area contributed by atoms with Crippen LogP contribution in [0.2, 0.25) is 0 Å². The largest absolute Gasteiger partial charge is 0.492 e. The molecule has 2 rings (SSSR count). The van der Waals surface area contributed by atoms with Crippen molar-refractivity contribution in [3.8, 4) is 5.75 Å². The van der Waals surface area contributed by atoms with Crippen molar-refractivity contribution < 1.29 is 27.8 Å². The molecule has 1 N–H and O–H groups in total. The molecule has 1 unspecified atom stereocenters. The van der Waals surface area contributed by atoms with Crippen molar-refractivity contribution >= 4 is 16.7 Å². The van der Waals surface area contributed by atoms with Gasteiger partial charge >= 0.3 is 12.1 Å². The highest BCUT2D eigenvalue weighted by Gasteiger charge is 2.45. The molecule has 20 heavy (non-hydrogen) atoms. The number of rotatable bonds is 4. The first-order valence-electron chi connectivity index (χ1n) is 5.79. The molecule has 0 fully saturated rings. The lowest BCUT2D eigenvalue weighted by atomic mass is 10.1. The SMILES string of the molecule is O=C(O)C(COc1ccc2ccccc2c1)C(F)(F)F. The number of fused-ring (bicyclic) bond motifs is 1. The van der Waals surface area contributed by atoms with E-state index in [-0.39, 0.29) is 5.75 Å². The van der Waals surface area contributed by atoms with Crippen LogP contribution in [-0.4, -0.2) is 23.9 Å². The zero-order valence-corrected chi connectivity index (χ0v) is 10.2. The minimum Gasteiger partial charge on any atom is -0.492 e. The summed E-state index contributed by atoms with van der Waals surface area (Å²) in [6, 6.07) is 12.1. The van der Waals surface area contributed by atoms with Crippen LogP contribution in [-0.2, 0) is 4.79 Å². The minimum atomic E-state index is -4.83. The van der Waals surface area contributed by atoms with E-state index in [0.29, 0.717) is 0 Å². The molecule has 0 aliphatic heterocycles. The monoisotopic (exact) mass is 284 g/mol. The number of aliphatic carboxylic acids is 1. The predicted molar refractivity (Wildman–Crippen MR) is 66.6 cm³/mol. The van der Waals surface area contributed by atoms with Crippen LogP contribution in [0.25, 0.3) is 10.8 Å². The van der Waals surface area contributed by atoms with Crippen LogP contribution in [0.5, 0.6) is 5.75 Å². The summed E-state index contributed by atoms with van der Waals surface area (Å²) in [7, 11) is 0. The molecule has 0 heterocycles. The number of hydrogen-bond donors (Lipinski definition) is 1. The van der Waals surface area contributed by atoms with Crippen molar-refractivity contribution in [3.63, 3.8) is 0 Å². The normalized spacial score (nSPS) is 13.2. The van der Waals surface area contributed by atoms with E-state index in [9.17, 15) is 18.0 Å². The highest BCUT2D eigenvalue weighted by molar-refractivity contribution is 5.83. The first-order valence-corrected chi connectivity index (χ1v) is 5.79. The Kier molecular flexibility index (Phi) is 3.83. The van der Waals surface area contributed by atoms with Crippen molar-refractivity contribution in [3.05, 3.63) is 42.5 Å². The lowest BCUT2D eigenvalue weighted by Crippen LogP contribution is -2.35. The van der Waals surface area contributed by atoms with Gasteiger partial charge in [-0.05, 0) is 22.9 Å². The van der Waals surface area contributed by atoms with Gasteiger partial charge in [0.15, 0.2) is 5.92 Å². The Hall–Kier alpha value is -2.24. The quantitative estimate of drug-likeness (QED) is 0.935. The lowest BCUT2D eigenvalue weighted by Gasteiger charge is -2.16. The van der Waals surface area contributed by atoms with E-state index in [1.54, 1.807) is 24.3 Å². The summed E-state index contributed by atoms with van der Waals surface area (Å²) < 4.78 is 42.4. The summed E-state index contributed by atoms with van der Waals surface area (Å²) in [5.74, 6) is -4.27. The van der Waals surface area contributed by atoms with Crippen molar-refractivity contribution in [2.24, 2.45) is 5.92 Å². The van der Waals surface area contributed by atoms with Crippen molar-refractivity contribution in [2.45, 2.75) is 6.18 Å². The molecule has 2 aromatic rings. The summed E-state index contributed by atoms with van der Waals surface area (Å²) in [6.45, 7) is -0.947.